The van der Waals surface area contributed by atoms with E-state index in [1.54, 1.807) is 13.0 Å². The first-order valence-corrected chi connectivity index (χ1v) is 12.5. The van der Waals surface area contributed by atoms with Crippen molar-refractivity contribution >= 4 is 27.4 Å². The normalized spacial score (nSPS) is 13.9. The van der Waals surface area contributed by atoms with E-state index in [9.17, 15) is 9.90 Å². The van der Waals surface area contributed by atoms with Crippen molar-refractivity contribution in [2.24, 2.45) is 0 Å². The summed E-state index contributed by atoms with van der Waals surface area (Å²) in [6.45, 7) is 14.1. The highest BCUT2D eigenvalue weighted by molar-refractivity contribution is 7.17. The maximum atomic E-state index is 12.5. The number of oxazole rings is 1. The summed E-state index contributed by atoms with van der Waals surface area (Å²) in [4.78, 5) is 17.1. The van der Waals surface area contributed by atoms with Crippen LogP contribution in [0.2, 0.25) is 0 Å². The van der Waals surface area contributed by atoms with E-state index in [4.69, 9.17) is 18.6 Å². The summed E-state index contributed by atoms with van der Waals surface area (Å²) in [7, 11) is 0. The molecule has 7 nitrogen and oxygen atoms in total. The van der Waals surface area contributed by atoms with Crippen molar-refractivity contribution in [3.8, 4) is 5.75 Å². The van der Waals surface area contributed by atoms with Crippen LogP contribution in [-0.4, -0.2) is 41.5 Å². The molecule has 186 valence electrons. The number of aliphatic hydroxyl groups is 1. The highest BCUT2D eigenvalue weighted by Gasteiger charge is 2.33. The number of thiophene rings is 1. The van der Waals surface area contributed by atoms with Crippen LogP contribution < -0.4 is 4.74 Å². The van der Waals surface area contributed by atoms with Crippen molar-refractivity contribution < 1.29 is 28.5 Å². The Morgan fingerprint density at radius 3 is 2.59 bits per heavy atom. The fourth-order valence-electron chi connectivity index (χ4n) is 3.59. The van der Waals surface area contributed by atoms with Gasteiger partial charge in [0.15, 0.2) is 12.0 Å². The fraction of sp³-hybridized carbons (Fsp3) is 0.538. The summed E-state index contributed by atoms with van der Waals surface area (Å²) in [5, 5.41) is 13.9. The third-order valence-electron chi connectivity index (χ3n) is 5.28. The topological polar surface area (TPSA) is 91.0 Å². The standard InChI is InChI=1S/C26H35NO6S/c1-8-30-24(29)22(32-15(2)3)21(28)18-9-10-20(17-12-14-34-23(17)18)31-13-11-19-16(4)33-25(27-19)26(5,6)7/h9-10,12,14-15,21-22,28H,8,11,13H2,1-7H3. The lowest BCUT2D eigenvalue weighted by Gasteiger charge is -2.24. The molecule has 1 aromatic carbocycles. The predicted molar refractivity (Wildman–Crippen MR) is 133 cm³/mol. The van der Waals surface area contributed by atoms with Gasteiger partial charge in [0.25, 0.3) is 0 Å². The van der Waals surface area contributed by atoms with Gasteiger partial charge in [0.1, 0.15) is 17.6 Å². The lowest BCUT2D eigenvalue weighted by molar-refractivity contribution is -0.169. The Bertz CT molecular complexity index is 1110. The average molecular weight is 490 g/mol. The molecule has 3 aromatic rings. The molecular weight excluding hydrogens is 454 g/mol. The fourth-order valence-corrected chi connectivity index (χ4v) is 4.56. The van der Waals surface area contributed by atoms with E-state index in [0.29, 0.717) is 24.3 Å². The van der Waals surface area contributed by atoms with E-state index in [0.717, 1.165) is 27.4 Å². The van der Waals surface area contributed by atoms with Gasteiger partial charge in [-0.2, -0.15) is 0 Å². The van der Waals surface area contributed by atoms with Crippen molar-refractivity contribution in [2.75, 3.05) is 13.2 Å². The molecule has 2 unspecified atom stereocenters. The maximum absolute atomic E-state index is 12.5. The Morgan fingerprint density at radius 2 is 1.97 bits per heavy atom. The van der Waals surface area contributed by atoms with Gasteiger partial charge in [0.2, 0.25) is 0 Å². The summed E-state index contributed by atoms with van der Waals surface area (Å²) in [5.74, 6) is 1.66. The molecular formula is C26H35NO6S. The number of ether oxygens (including phenoxy) is 3. The van der Waals surface area contributed by atoms with Gasteiger partial charge < -0.3 is 23.7 Å². The minimum atomic E-state index is -1.16. The van der Waals surface area contributed by atoms with Crippen LogP contribution in [0.4, 0.5) is 0 Å². The first-order chi connectivity index (χ1) is 16.0. The molecule has 0 saturated carbocycles. The molecule has 0 saturated heterocycles. The molecule has 3 rings (SSSR count). The lowest BCUT2D eigenvalue weighted by Crippen LogP contribution is -2.35. The molecule has 34 heavy (non-hydrogen) atoms. The second-order valence-electron chi connectivity index (χ2n) is 9.49. The zero-order valence-corrected chi connectivity index (χ0v) is 21.8. The second-order valence-corrected chi connectivity index (χ2v) is 10.4. The van der Waals surface area contributed by atoms with Crippen LogP contribution in [0.1, 0.15) is 70.6 Å². The number of aromatic nitrogens is 1. The Morgan fingerprint density at radius 1 is 1.24 bits per heavy atom. The van der Waals surface area contributed by atoms with Gasteiger partial charge >= 0.3 is 5.97 Å². The number of carbonyl (C=O) groups excluding carboxylic acids is 1. The van der Waals surface area contributed by atoms with E-state index in [1.807, 2.05) is 38.3 Å². The van der Waals surface area contributed by atoms with Crippen LogP contribution in [0, 0.1) is 6.92 Å². The molecule has 1 N–H and O–H groups in total. The number of nitrogens with zero attached hydrogens (tertiary/aromatic N) is 1. The zero-order valence-electron chi connectivity index (χ0n) is 21.0. The Kier molecular flexibility index (Phi) is 8.38. The van der Waals surface area contributed by atoms with Crippen LogP contribution in [0.5, 0.6) is 5.75 Å². The second kappa shape index (κ2) is 10.9. The van der Waals surface area contributed by atoms with Gasteiger partial charge in [-0.05, 0) is 45.2 Å². The third-order valence-corrected chi connectivity index (χ3v) is 6.24. The van der Waals surface area contributed by atoms with Crippen LogP contribution in [0.3, 0.4) is 0 Å². The molecule has 8 heteroatoms. The summed E-state index contributed by atoms with van der Waals surface area (Å²) in [6.07, 6.45) is -1.90. The summed E-state index contributed by atoms with van der Waals surface area (Å²) in [6, 6.07) is 5.56. The monoisotopic (exact) mass is 489 g/mol. The Balaban J connectivity index is 1.78. The van der Waals surface area contributed by atoms with E-state index in [2.05, 4.69) is 25.8 Å². The van der Waals surface area contributed by atoms with Gasteiger partial charge in [-0.15, -0.1) is 11.3 Å². The van der Waals surface area contributed by atoms with Gasteiger partial charge in [-0.25, -0.2) is 9.78 Å². The summed E-state index contributed by atoms with van der Waals surface area (Å²) in [5.41, 5.74) is 1.35. The Hall–Kier alpha value is -2.42. The number of aliphatic hydroxyl groups excluding tert-OH is 1. The van der Waals surface area contributed by atoms with Crippen molar-refractivity contribution in [3.05, 3.63) is 46.5 Å². The van der Waals surface area contributed by atoms with Crippen LogP contribution in [0.15, 0.2) is 28.0 Å². The number of fused-ring (bicyclic) bond motifs is 1. The zero-order chi connectivity index (χ0) is 25.0. The number of hydrogen-bond acceptors (Lipinski definition) is 8. The van der Waals surface area contributed by atoms with E-state index < -0.39 is 18.2 Å². The van der Waals surface area contributed by atoms with Crippen LogP contribution in [0.25, 0.3) is 10.1 Å². The SMILES string of the molecule is CCOC(=O)C(OC(C)C)C(O)c1ccc(OCCc2nc(C(C)(C)C)oc2C)c2ccsc12. The number of hydrogen-bond donors (Lipinski definition) is 1. The lowest BCUT2D eigenvalue weighted by atomic mass is 9.97. The number of benzene rings is 1. The van der Waals surface area contributed by atoms with Crippen molar-refractivity contribution in [1.82, 2.24) is 4.98 Å². The quantitative estimate of drug-likeness (QED) is 0.376. The Labute approximate surface area is 205 Å². The van der Waals surface area contributed by atoms with Crippen LogP contribution >= 0.6 is 11.3 Å². The molecule has 2 atom stereocenters. The number of aryl methyl sites for hydroxylation is 1. The molecule has 0 radical (unpaired) electrons. The van der Waals surface area contributed by atoms with Crippen molar-refractivity contribution in [1.29, 1.82) is 0 Å². The molecule has 0 aliphatic rings. The van der Waals surface area contributed by atoms with Gasteiger partial charge in [0.05, 0.1) is 25.0 Å². The minimum absolute atomic E-state index is 0.149. The smallest absolute Gasteiger partial charge is 0.338 e. The highest BCUT2D eigenvalue weighted by Crippen LogP contribution is 2.37. The van der Waals surface area contributed by atoms with Gasteiger partial charge in [-0.1, -0.05) is 26.8 Å². The number of carbonyl (C=O) groups is 1. The molecule has 0 fully saturated rings. The van der Waals surface area contributed by atoms with Gasteiger partial charge in [-0.3, -0.25) is 0 Å². The third kappa shape index (κ3) is 5.98. The molecule has 0 amide bonds. The van der Waals surface area contributed by atoms with Gasteiger partial charge in [0, 0.05) is 27.5 Å². The summed E-state index contributed by atoms with van der Waals surface area (Å²) < 4.78 is 23.6. The first kappa shape index (κ1) is 26.2. The van der Waals surface area contributed by atoms with E-state index in [-0.39, 0.29) is 18.1 Å². The molecule has 2 aromatic heterocycles. The average Bonchev–Trinajstić information content (AvgIpc) is 3.39. The largest absolute Gasteiger partial charge is 0.493 e. The predicted octanol–water partition coefficient (Wildman–Crippen LogP) is 5.51. The van der Waals surface area contributed by atoms with Crippen molar-refractivity contribution in [2.45, 2.75) is 78.6 Å². The van der Waals surface area contributed by atoms with Crippen LogP contribution in [-0.2, 0) is 26.1 Å². The number of rotatable bonds is 10. The number of esters is 1. The minimum Gasteiger partial charge on any atom is -0.493 e. The highest BCUT2D eigenvalue weighted by atomic mass is 32.1. The molecule has 0 aliphatic heterocycles. The molecule has 0 bridgehead atoms. The van der Waals surface area contributed by atoms with E-state index in [1.165, 1.54) is 11.3 Å². The first-order valence-electron chi connectivity index (χ1n) is 11.6. The molecule has 2 heterocycles. The van der Waals surface area contributed by atoms with Crippen molar-refractivity contribution in [3.63, 3.8) is 0 Å². The molecule has 0 aliphatic carbocycles. The maximum Gasteiger partial charge on any atom is 0.338 e. The summed E-state index contributed by atoms with van der Waals surface area (Å²) >= 11 is 1.48. The molecule has 0 spiro atoms. The van der Waals surface area contributed by atoms with E-state index >= 15 is 0 Å².